The maximum atomic E-state index is 13.3. The van der Waals surface area contributed by atoms with Crippen molar-refractivity contribution in [2.75, 3.05) is 13.7 Å². The maximum absolute atomic E-state index is 13.3. The molecule has 0 saturated carbocycles. The standard InChI is InChI=1S/C28H37N5O4S/c1-4-19(2)26(32-28(36)37-3)27(35)31-23(14-20-8-6-5-7-9-20)24(34)17-33(29)16-21-10-12-22(13-11-21)25-15-30-18-38-25/h5-13,15,18-19,23-24,26,34H,4,14,16-17,29H2,1-3H3,(H,31,35)(H,32,36)/t19-,23?,24?,26-/m0/s1. The van der Waals surface area contributed by atoms with Gasteiger partial charge in [-0.1, -0.05) is 74.9 Å². The molecule has 3 aromatic rings. The van der Waals surface area contributed by atoms with Crippen LogP contribution in [0.25, 0.3) is 10.4 Å². The highest BCUT2D eigenvalue weighted by molar-refractivity contribution is 7.13. The lowest BCUT2D eigenvalue weighted by molar-refractivity contribution is -0.126. The Kier molecular flexibility index (Phi) is 11.2. The summed E-state index contributed by atoms with van der Waals surface area (Å²) in [4.78, 5) is 30.4. The van der Waals surface area contributed by atoms with Crippen molar-refractivity contribution >= 4 is 23.3 Å². The van der Waals surface area contributed by atoms with Crippen molar-refractivity contribution in [1.29, 1.82) is 0 Å². The van der Waals surface area contributed by atoms with Crippen molar-refractivity contribution < 1.29 is 19.4 Å². The fourth-order valence-corrected chi connectivity index (χ4v) is 4.74. The second-order valence-electron chi connectivity index (χ2n) is 9.36. The lowest BCUT2D eigenvalue weighted by atomic mass is 9.96. The molecule has 0 aliphatic rings. The number of aliphatic hydroxyl groups excluding tert-OH is 1. The van der Waals surface area contributed by atoms with E-state index in [-0.39, 0.29) is 18.4 Å². The number of thiazole rings is 1. The number of methoxy groups -OCH3 is 1. The minimum Gasteiger partial charge on any atom is -0.453 e. The second-order valence-corrected chi connectivity index (χ2v) is 10.2. The van der Waals surface area contributed by atoms with Crippen molar-refractivity contribution in [3.8, 4) is 10.4 Å². The molecule has 3 rings (SSSR count). The van der Waals surface area contributed by atoms with Crippen molar-refractivity contribution in [3.63, 3.8) is 0 Å². The van der Waals surface area contributed by atoms with Crippen molar-refractivity contribution in [2.24, 2.45) is 11.8 Å². The van der Waals surface area contributed by atoms with E-state index in [1.165, 1.54) is 12.1 Å². The number of alkyl carbamates (subject to hydrolysis) is 1. The quantitative estimate of drug-likeness (QED) is 0.194. The summed E-state index contributed by atoms with van der Waals surface area (Å²) >= 11 is 1.58. The van der Waals surface area contributed by atoms with Crippen molar-refractivity contribution in [1.82, 2.24) is 20.6 Å². The third kappa shape index (κ3) is 8.63. The number of rotatable bonds is 13. The number of hydrazine groups is 1. The number of benzene rings is 2. The number of amides is 2. The summed E-state index contributed by atoms with van der Waals surface area (Å²) in [5.41, 5.74) is 4.84. The molecule has 4 atom stereocenters. The summed E-state index contributed by atoms with van der Waals surface area (Å²) in [5, 5.41) is 18.3. The molecule has 0 bridgehead atoms. The van der Waals surface area contributed by atoms with E-state index in [1.54, 1.807) is 16.8 Å². The third-order valence-electron chi connectivity index (χ3n) is 6.52. The zero-order valence-corrected chi connectivity index (χ0v) is 22.9. The Morgan fingerprint density at radius 2 is 1.82 bits per heavy atom. The van der Waals surface area contributed by atoms with E-state index >= 15 is 0 Å². The SMILES string of the molecule is CC[C@H](C)[C@H](NC(=O)OC)C(=O)NC(Cc1ccccc1)C(O)CN(N)Cc1ccc(-c2cncs2)cc1. The number of nitrogens with one attached hydrogen (secondary N) is 2. The highest BCUT2D eigenvalue weighted by Crippen LogP contribution is 2.23. The molecule has 2 unspecified atom stereocenters. The maximum Gasteiger partial charge on any atom is 0.407 e. The van der Waals surface area contributed by atoms with E-state index in [0.29, 0.717) is 19.4 Å². The van der Waals surface area contributed by atoms with Crippen LogP contribution in [0.1, 0.15) is 31.4 Å². The Balaban J connectivity index is 1.69. The Morgan fingerprint density at radius 1 is 1.11 bits per heavy atom. The molecule has 0 spiro atoms. The van der Waals surface area contributed by atoms with Crippen LogP contribution in [-0.4, -0.2) is 58.9 Å². The first-order valence-corrected chi connectivity index (χ1v) is 13.5. The van der Waals surface area contributed by atoms with Gasteiger partial charge in [0.15, 0.2) is 0 Å². The van der Waals surface area contributed by atoms with Crippen LogP contribution in [0.15, 0.2) is 66.3 Å². The number of aliphatic hydroxyl groups is 1. The zero-order chi connectivity index (χ0) is 27.5. The molecule has 0 fully saturated rings. The van der Waals surface area contributed by atoms with Gasteiger partial charge in [0.25, 0.3) is 0 Å². The number of carbonyl (C=O) groups is 2. The summed E-state index contributed by atoms with van der Waals surface area (Å²) in [6.45, 7) is 4.37. The molecule has 10 heteroatoms. The van der Waals surface area contributed by atoms with Gasteiger partial charge in [0, 0.05) is 19.3 Å². The topological polar surface area (TPSA) is 130 Å². The molecular weight excluding hydrogens is 502 g/mol. The van der Waals surface area contributed by atoms with Gasteiger partial charge in [-0.15, -0.1) is 11.3 Å². The predicted molar refractivity (Wildman–Crippen MR) is 149 cm³/mol. The molecule has 0 aliphatic heterocycles. The van der Waals surface area contributed by atoms with Crippen LogP contribution in [-0.2, 0) is 22.5 Å². The molecule has 0 aliphatic carbocycles. The molecule has 0 saturated heterocycles. The van der Waals surface area contributed by atoms with E-state index in [4.69, 9.17) is 10.6 Å². The van der Waals surface area contributed by atoms with E-state index in [1.807, 2.05) is 74.6 Å². The first-order chi connectivity index (χ1) is 18.3. The highest BCUT2D eigenvalue weighted by Gasteiger charge is 2.30. The van der Waals surface area contributed by atoms with Crippen molar-refractivity contribution in [3.05, 3.63) is 77.4 Å². The van der Waals surface area contributed by atoms with Crippen LogP contribution in [0.3, 0.4) is 0 Å². The van der Waals surface area contributed by atoms with Crippen LogP contribution in [0.4, 0.5) is 4.79 Å². The largest absolute Gasteiger partial charge is 0.453 e. The summed E-state index contributed by atoms with van der Waals surface area (Å²) in [6.07, 6.45) is 1.26. The van der Waals surface area contributed by atoms with E-state index in [0.717, 1.165) is 21.6 Å². The second kappa shape index (κ2) is 14.6. The molecule has 1 aromatic heterocycles. The fraction of sp³-hybridized carbons (Fsp3) is 0.393. The average molecular weight is 540 g/mol. The molecule has 38 heavy (non-hydrogen) atoms. The number of nitrogens with zero attached hydrogens (tertiary/aromatic N) is 2. The number of carbonyl (C=O) groups excluding carboxylic acids is 2. The first kappa shape index (κ1) is 29.2. The van der Waals surface area contributed by atoms with E-state index in [9.17, 15) is 14.7 Å². The van der Waals surface area contributed by atoms with Gasteiger partial charge in [0.05, 0.1) is 29.6 Å². The number of aromatic nitrogens is 1. The van der Waals surface area contributed by atoms with E-state index in [2.05, 4.69) is 15.6 Å². The summed E-state index contributed by atoms with van der Waals surface area (Å²) in [6, 6.07) is 16.2. The molecule has 2 amide bonds. The minimum absolute atomic E-state index is 0.132. The van der Waals surface area contributed by atoms with Gasteiger partial charge in [-0.2, -0.15) is 0 Å². The molecule has 204 valence electrons. The Labute approximate surface area is 228 Å². The summed E-state index contributed by atoms with van der Waals surface area (Å²) in [7, 11) is 1.26. The number of hydrogen-bond donors (Lipinski definition) is 4. The van der Waals surface area contributed by atoms with Gasteiger partial charge in [0.2, 0.25) is 5.91 Å². The first-order valence-electron chi connectivity index (χ1n) is 12.6. The molecule has 5 N–H and O–H groups in total. The van der Waals surface area contributed by atoms with Gasteiger partial charge in [-0.25, -0.2) is 9.80 Å². The minimum atomic E-state index is -0.962. The summed E-state index contributed by atoms with van der Waals surface area (Å²) < 4.78 is 4.71. The van der Waals surface area contributed by atoms with Gasteiger partial charge in [0.1, 0.15) is 6.04 Å². The Morgan fingerprint density at radius 3 is 2.42 bits per heavy atom. The monoisotopic (exact) mass is 539 g/mol. The number of ether oxygens (including phenoxy) is 1. The molecule has 0 radical (unpaired) electrons. The van der Waals surface area contributed by atoms with Gasteiger partial charge < -0.3 is 20.5 Å². The normalized spacial score (nSPS) is 14.4. The Hall–Kier alpha value is -3.31. The van der Waals surface area contributed by atoms with Crippen LogP contribution in [0.5, 0.6) is 0 Å². The lowest BCUT2D eigenvalue weighted by Crippen LogP contribution is -2.57. The molecule has 9 nitrogen and oxygen atoms in total. The number of hydrogen-bond acceptors (Lipinski definition) is 8. The number of nitrogens with two attached hydrogens (primary N) is 1. The third-order valence-corrected chi connectivity index (χ3v) is 7.34. The average Bonchev–Trinajstić information content (AvgIpc) is 3.46. The van der Waals surface area contributed by atoms with Gasteiger partial charge in [-0.3, -0.25) is 15.6 Å². The van der Waals surface area contributed by atoms with Crippen LogP contribution in [0, 0.1) is 5.92 Å². The van der Waals surface area contributed by atoms with Crippen LogP contribution >= 0.6 is 11.3 Å². The van der Waals surface area contributed by atoms with Crippen molar-refractivity contribution in [2.45, 2.75) is 51.4 Å². The molecule has 2 aromatic carbocycles. The predicted octanol–water partition coefficient (Wildman–Crippen LogP) is 3.34. The fourth-order valence-electron chi connectivity index (χ4n) is 4.11. The van der Waals surface area contributed by atoms with Crippen LogP contribution < -0.4 is 16.5 Å². The smallest absolute Gasteiger partial charge is 0.407 e. The highest BCUT2D eigenvalue weighted by atomic mass is 32.1. The Bertz CT molecular complexity index is 1130. The zero-order valence-electron chi connectivity index (χ0n) is 22.0. The van der Waals surface area contributed by atoms with Gasteiger partial charge >= 0.3 is 6.09 Å². The van der Waals surface area contributed by atoms with Gasteiger partial charge in [-0.05, 0) is 29.0 Å². The summed E-state index contributed by atoms with van der Waals surface area (Å²) in [5.74, 6) is 5.77. The molecule has 1 heterocycles. The lowest BCUT2D eigenvalue weighted by Gasteiger charge is -2.30. The van der Waals surface area contributed by atoms with E-state index < -0.39 is 24.3 Å². The van der Waals surface area contributed by atoms with Crippen LogP contribution in [0.2, 0.25) is 0 Å². The molecular formula is C28H37N5O4S.